The number of carbonyl (C=O) groups excluding carboxylic acids is 3. The van der Waals surface area contributed by atoms with E-state index in [1.54, 1.807) is 52.0 Å². The summed E-state index contributed by atoms with van der Waals surface area (Å²) in [6.07, 6.45) is 4.39. The maximum atomic E-state index is 14.4. The van der Waals surface area contributed by atoms with E-state index in [-0.39, 0.29) is 57.7 Å². The molecule has 3 aromatic rings. The minimum Gasteiger partial charge on any atom is -0.507 e. The number of fused-ring (bicyclic) bond motifs is 14. The van der Waals surface area contributed by atoms with Crippen molar-refractivity contribution >= 4 is 40.3 Å². The predicted molar refractivity (Wildman–Crippen MR) is 229 cm³/mol. The van der Waals surface area contributed by atoms with Gasteiger partial charge in [-0.2, -0.15) is 0 Å². The van der Waals surface area contributed by atoms with Gasteiger partial charge in [0.2, 0.25) is 0 Å². The van der Waals surface area contributed by atoms with Gasteiger partial charge in [-0.3, -0.25) is 14.4 Å². The SMILES string of the molecule is CO[C@H]1/C=C/O[C@@]2(C)Oc3c(C)c(O)c4c(O)c(c(/C=N/OCCOc5ccccc5)c(O)c4c3C2=O)NC(=O)/C(C)=C/C=C/[C@H](C)[C@H](O)[C@@H](C)[C@@H](O)[C@@H](C)[C@H](OC(C)=O)[C@@H]1C. The summed E-state index contributed by atoms with van der Waals surface area (Å²) in [5.74, 6) is -8.24. The third-order valence-electron chi connectivity index (χ3n) is 11.5. The molecule has 0 radical (unpaired) electrons. The molecule has 3 aliphatic heterocycles. The molecule has 0 saturated carbocycles. The summed E-state index contributed by atoms with van der Waals surface area (Å²) >= 11 is 0. The summed E-state index contributed by atoms with van der Waals surface area (Å²) in [6, 6.07) is 8.99. The van der Waals surface area contributed by atoms with Crippen LogP contribution in [0.3, 0.4) is 0 Å². The molecular weight excluding hydrogens is 805 g/mol. The summed E-state index contributed by atoms with van der Waals surface area (Å²) in [5, 5.41) is 64.1. The second-order valence-electron chi connectivity index (χ2n) is 15.8. The van der Waals surface area contributed by atoms with Crippen LogP contribution in [0.4, 0.5) is 5.69 Å². The van der Waals surface area contributed by atoms with Gasteiger partial charge in [0.15, 0.2) is 12.4 Å². The maximum Gasteiger partial charge on any atom is 0.312 e. The lowest BCUT2D eigenvalue weighted by molar-refractivity contribution is -0.160. The number of aliphatic hydroxyl groups excluding tert-OH is 2. The number of nitrogens with one attached hydrogen (secondary N) is 1. The number of carbonyl (C=O) groups is 3. The number of allylic oxidation sites excluding steroid dienone is 2. The van der Waals surface area contributed by atoms with E-state index in [0.717, 1.165) is 6.21 Å². The van der Waals surface area contributed by atoms with Crippen molar-refractivity contribution in [1.82, 2.24) is 0 Å². The van der Waals surface area contributed by atoms with Gasteiger partial charge in [-0.15, -0.1) is 0 Å². The van der Waals surface area contributed by atoms with Gasteiger partial charge in [0.25, 0.3) is 11.7 Å². The van der Waals surface area contributed by atoms with Crippen LogP contribution in [0.15, 0.2) is 71.6 Å². The number of oxime groups is 1. The van der Waals surface area contributed by atoms with Crippen molar-refractivity contribution in [3.63, 3.8) is 0 Å². The molecule has 6 rings (SSSR count). The Morgan fingerprint density at radius 2 is 1.61 bits per heavy atom. The Hall–Kier alpha value is -6.10. The number of para-hydroxylation sites is 1. The Morgan fingerprint density at radius 3 is 2.27 bits per heavy atom. The van der Waals surface area contributed by atoms with Crippen molar-refractivity contribution in [2.45, 2.75) is 85.6 Å². The zero-order valence-electron chi connectivity index (χ0n) is 36.2. The van der Waals surface area contributed by atoms with Crippen LogP contribution in [-0.4, -0.2) is 99.9 Å². The van der Waals surface area contributed by atoms with Gasteiger partial charge in [-0.1, -0.05) is 69.3 Å². The van der Waals surface area contributed by atoms with Crippen LogP contribution in [0.1, 0.15) is 70.0 Å². The second kappa shape index (κ2) is 19.7. The summed E-state index contributed by atoms with van der Waals surface area (Å²) in [6.45, 7) is 12.4. The van der Waals surface area contributed by atoms with E-state index in [1.807, 2.05) is 18.2 Å². The summed E-state index contributed by atoms with van der Waals surface area (Å²) in [7, 11) is 1.42. The standard InChI is InChI=1S/C46H56N2O14/c1-23-14-13-15-24(2)45(56)48-36-31(22-47-60-21-20-58-30-16-11-10-12-17-30)40(53)33-34(41(36)54)39(52)28(6)43-35(33)44(55)46(8,62-43)59-19-18-32(57-9)25(3)42(61-29(7)49)27(5)38(51)26(4)37(23)50/h10-19,22-23,25-27,32,37-38,42,50-54H,20-21H2,1-9H3,(H,48,56)/b14-13+,19-18+,24-15+,47-22+/t23-,25+,26+,27+,32-,37-,38+,42+,46-/m0/s1. The number of Topliss-reactive ketones (excluding diaryl/α,β-unsaturated/α-hetero) is 1. The van der Waals surface area contributed by atoms with Crippen LogP contribution in [0, 0.1) is 30.6 Å². The number of nitrogens with zero attached hydrogens (tertiary/aromatic N) is 1. The Bertz CT molecular complexity index is 2270. The molecule has 16 nitrogen and oxygen atoms in total. The number of phenols is 3. The first-order valence-corrected chi connectivity index (χ1v) is 20.3. The molecule has 0 aromatic heterocycles. The monoisotopic (exact) mass is 860 g/mol. The lowest BCUT2D eigenvalue weighted by Crippen LogP contribution is -2.46. The third-order valence-corrected chi connectivity index (χ3v) is 11.5. The molecule has 3 aromatic carbocycles. The number of aliphatic hydroxyl groups is 2. The molecule has 5 bridgehead atoms. The van der Waals surface area contributed by atoms with Crippen molar-refractivity contribution in [3.05, 3.63) is 83.2 Å². The largest absolute Gasteiger partial charge is 0.507 e. The topological polar surface area (TPSA) is 232 Å². The van der Waals surface area contributed by atoms with Crippen LogP contribution in [0.5, 0.6) is 28.7 Å². The van der Waals surface area contributed by atoms with Crippen molar-refractivity contribution in [1.29, 1.82) is 0 Å². The van der Waals surface area contributed by atoms with Crippen molar-refractivity contribution < 1.29 is 68.4 Å². The number of esters is 1. The van der Waals surface area contributed by atoms with Crippen molar-refractivity contribution in [2.24, 2.45) is 28.8 Å². The average molecular weight is 861 g/mol. The molecule has 0 spiro atoms. The molecule has 1 amide bonds. The van der Waals surface area contributed by atoms with Crippen molar-refractivity contribution in [2.75, 3.05) is 25.6 Å². The molecule has 334 valence electrons. The maximum absolute atomic E-state index is 14.4. The minimum absolute atomic E-state index is 0.0183. The van der Waals surface area contributed by atoms with E-state index in [4.69, 9.17) is 28.5 Å². The Balaban J connectivity index is 1.64. The summed E-state index contributed by atoms with van der Waals surface area (Å²) < 4.78 is 29.2. The molecule has 9 atom stereocenters. The van der Waals surface area contributed by atoms with Crippen LogP contribution in [0.2, 0.25) is 0 Å². The van der Waals surface area contributed by atoms with E-state index < -0.39 is 88.8 Å². The van der Waals surface area contributed by atoms with E-state index in [9.17, 15) is 39.9 Å². The normalized spacial score (nSPS) is 29.0. The smallest absolute Gasteiger partial charge is 0.312 e. The fourth-order valence-electron chi connectivity index (χ4n) is 7.73. The number of ketones is 1. The first-order valence-electron chi connectivity index (χ1n) is 20.3. The number of anilines is 1. The highest BCUT2D eigenvalue weighted by atomic mass is 16.7. The van der Waals surface area contributed by atoms with Gasteiger partial charge < -0.3 is 59.4 Å². The fourth-order valence-corrected chi connectivity index (χ4v) is 7.73. The molecule has 16 heteroatoms. The molecule has 0 fully saturated rings. The predicted octanol–water partition coefficient (Wildman–Crippen LogP) is 6.18. The molecule has 62 heavy (non-hydrogen) atoms. The van der Waals surface area contributed by atoms with E-state index in [2.05, 4.69) is 10.5 Å². The highest BCUT2D eigenvalue weighted by molar-refractivity contribution is 6.23. The molecule has 3 aliphatic rings. The number of hydrogen-bond donors (Lipinski definition) is 6. The number of hydrogen-bond acceptors (Lipinski definition) is 15. The zero-order valence-corrected chi connectivity index (χ0v) is 36.2. The first kappa shape index (κ1) is 47.0. The van der Waals surface area contributed by atoms with E-state index in [1.165, 1.54) is 53.2 Å². The molecule has 0 unspecified atom stereocenters. The van der Waals surface area contributed by atoms with E-state index in [0.29, 0.717) is 5.75 Å². The molecular formula is C46H56N2O14. The van der Waals surface area contributed by atoms with Gasteiger partial charge >= 0.3 is 11.8 Å². The van der Waals surface area contributed by atoms with Gasteiger partial charge in [-0.25, -0.2) is 0 Å². The number of phenolic OH excluding ortho intramolecular Hbond substituents is 3. The Labute approximate surface area is 360 Å². The first-order chi connectivity index (χ1) is 29.3. The van der Waals surface area contributed by atoms with Crippen molar-refractivity contribution in [3.8, 4) is 28.7 Å². The van der Waals surface area contributed by atoms with Crippen LogP contribution < -0.4 is 14.8 Å². The Kier molecular flexibility index (Phi) is 14.9. The van der Waals surface area contributed by atoms with Gasteiger partial charge in [0.05, 0.1) is 53.0 Å². The van der Waals surface area contributed by atoms with Gasteiger partial charge in [-0.05, 0) is 32.1 Å². The van der Waals surface area contributed by atoms with E-state index >= 15 is 0 Å². The minimum atomic E-state index is -2.08. The zero-order chi connectivity index (χ0) is 45.6. The number of aromatic hydroxyl groups is 3. The van der Waals surface area contributed by atoms with Crippen LogP contribution >= 0.6 is 0 Å². The molecule has 3 heterocycles. The highest BCUT2D eigenvalue weighted by Crippen LogP contribution is 2.55. The third kappa shape index (κ3) is 9.67. The second-order valence-corrected chi connectivity index (χ2v) is 15.8. The lowest BCUT2D eigenvalue weighted by atomic mass is 9.78. The number of benzene rings is 3. The summed E-state index contributed by atoms with van der Waals surface area (Å²) in [4.78, 5) is 45.9. The average Bonchev–Trinajstić information content (AvgIpc) is 3.51. The number of ether oxygens (including phenoxy) is 5. The summed E-state index contributed by atoms with van der Waals surface area (Å²) in [5.41, 5.74) is -0.742. The highest BCUT2D eigenvalue weighted by Gasteiger charge is 2.50. The molecule has 0 aliphatic carbocycles. The Morgan fingerprint density at radius 1 is 0.919 bits per heavy atom. The van der Waals surface area contributed by atoms with Gasteiger partial charge in [0, 0.05) is 61.2 Å². The van der Waals surface area contributed by atoms with Crippen LogP contribution in [0.25, 0.3) is 10.8 Å². The number of rotatable bonds is 8. The van der Waals surface area contributed by atoms with Gasteiger partial charge in [0.1, 0.15) is 35.7 Å². The quantitative estimate of drug-likeness (QED) is 0.0371. The number of amides is 1. The lowest BCUT2D eigenvalue weighted by Gasteiger charge is -2.38. The molecule has 6 N–H and O–H groups in total. The number of methoxy groups -OCH3 is 1. The van der Waals surface area contributed by atoms with Crippen LogP contribution in [-0.2, 0) is 28.6 Å². The molecule has 0 saturated heterocycles. The fraction of sp³-hybridized carbons (Fsp3) is 0.435.